The minimum absolute atomic E-state index is 1.02. The predicted octanol–water partition coefficient (Wildman–Crippen LogP) is 2.53. The highest BCUT2D eigenvalue weighted by Crippen LogP contribution is 2.03. The van der Waals surface area contributed by atoms with Gasteiger partial charge in [-0.05, 0) is 6.42 Å². The Labute approximate surface area is 54.2 Å². The minimum atomic E-state index is 1.02. The number of rotatable bonds is 3. The van der Waals surface area contributed by atoms with Gasteiger partial charge in [0.1, 0.15) is 0 Å². The molecule has 0 atom stereocenters. The van der Waals surface area contributed by atoms with Crippen molar-refractivity contribution in [3.8, 4) is 0 Å². The molecule has 0 fully saturated rings. The Morgan fingerprint density at radius 2 is 2.29 bits per heavy atom. The molecule has 7 heavy (non-hydrogen) atoms. The first-order valence-corrected chi connectivity index (χ1v) is 4.37. The third-order valence-electron chi connectivity index (χ3n) is 0.573. The van der Waals surface area contributed by atoms with Crippen LogP contribution < -0.4 is 0 Å². The van der Waals surface area contributed by atoms with Crippen molar-refractivity contribution in [3.63, 3.8) is 0 Å². The molecule has 0 nitrogen and oxygen atoms in total. The van der Waals surface area contributed by atoms with Crippen molar-refractivity contribution in [1.29, 1.82) is 0 Å². The van der Waals surface area contributed by atoms with E-state index in [-0.39, 0.29) is 0 Å². The van der Waals surface area contributed by atoms with Crippen molar-refractivity contribution in [2.24, 2.45) is 0 Å². The zero-order chi connectivity index (χ0) is 5.54. The molecular weight excluding hydrogens is 124 g/mol. The molecule has 0 heterocycles. The third-order valence-corrected chi connectivity index (χ3v) is 1.36. The molecule has 0 rings (SSSR count). The highest BCUT2D eigenvalue weighted by Gasteiger charge is 1.68. The minimum Gasteiger partial charge on any atom is -0.111 e. The van der Waals surface area contributed by atoms with Crippen LogP contribution in [-0.2, 0) is 0 Å². The Morgan fingerprint density at radius 1 is 1.57 bits per heavy atom. The molecule has 0 bridgehead atoms. The number of allylic oxidation sites excluding steroid dienone is 1. The highest BCUT2D eigenvalue weighted by atomic mass is 33.1. The summed E-state index contributed by atoms with van der Waals surface area (Å²) < 4.78 is 0. The lowest BCUT2D eigenvalue weighted by atomic mass is 10.4. The molecule has 0 aromatic heterocycles. The van der Waals surface area contributed by atoms with Crippen LogP contribution in [0.2, 0.25) is 0 Å². The summed E-state index contributed by atoms with van der Waals surface area (Å²) in [5.41, 5.74) is 0. The zero-order valence-electron chi connectivity index (χ0n) is 4.42. The zero-order valence-corrected chi connectivity index (χ0v) is 6.14. The lowest BCUT2D eigenvalue weighted by molar-refractivity contribution is 1.22. The summed E-state index contributed by atoms with van der Waals surface area (Å²) in [5.74, 6) is 1.02. The van der Waals surface area contributed by atoms with Gasteiger partial charge in [0.05, 0.1) is 0 Å². The summed E-state index contributed by atoms with van der Waals surface area (Å²) in [6.07, 6.45) is 5.40. The molecule has 0 aromatic carbocycles. The predicted molar refractivity (Wildman–Crippen MR) is 40.9 cm³/mol. The van der Waals surface area contributed by atoms with Crippen molar-refractivity contribution in [1.82, 2.24) is 0 Å². The second-order valence-electron chi connectivity index (χ2n) is 1.18. The first-order chi connectivity index (χ1) is 3.41. The molecule has 0 aliphatic rings. The quantitative estimate of drug-likeness (QED) is 0.351. The molecule has 0 N–H and O–H groups in total. The standard InChI is InChI=1S/C5H10S2/c1-2-3-4-5-7-6/h3-4,6H,2,5H2,1H3. The molecule has 0 aliphatic heterocycles. The van der Waals surface area contributed by atoms with Gasteiger partial charge in [-0.3, -0.25) is 0 Å². The molecule has 2 heteroatoms. The first-order valence-electron chi connectivity index (χ1n) is 2.33. The largest absolute Gasteiger partial charge is 0.111 e. The second kappa shape index (κ2) is 6.44. The van der Waals surface area contributed by atoms with Crippen LogP contribution in [0.1, 0.15) is 13.3 Å². The van der Waals surface area contributed by atoms with E-state index < -0.39 is 0 Å². The average molecular weight is 134 g/mol. The Bertz CT molecular complexity index is 50.0. The normalized spacial score (nSPS) is 10.6. The SMILES string of the molecule is CCC=CCSS. The summed E-state index contributed by atoms with van der Waals surface area (Å²) >= 11 is 3.96. The van der Waals surface area contributed by atoms with Crippen LogP contribution in [0.15, 0.2) is 12.2 Å². The van der Waals surface area contributed by atoms with Crippen LogP contribution in [0.25, 0.3) is 0 Å². The fourth-order valence-corrected chi connectivity index (χ4v) is 0.758. The summed E-state index contributed by atoms with van der Waals surface area (Å²) in [6, 6.07) is 0. The Morgan fingerprint density at radius 3 is 2.71 bits per heavy atom. The van der Waals surface area contributed by atoms with Gasteiger partial charge in [-0.1, -0.05) is 29.9 Å². The lowest BCUT2D eigenvalue weighted by Crippen LogP contribution is -1.60. The van der Waals surface area contributed by atoms with E-state index in [2.05, 4.69) is 30.7 Å². The van der Waals surface area contributed by atoms with E-state index in [9.17, 15) is 0 Å². The van der Waals surface area contributed by atoms with Gasteiger partial charge >= 0.3 is 0 Å². The maximum atomic E-state index is 3.96. The molecule has 0 saturated heterocycles. The van der Waals surface area contributed by atoms with Crippen LogP contribution in [0.3, 0.4) is 0 Å². The summed E-state index contributed by atoms with van der Waals surface area (Å²) in [7, 11) is 1.55. The summed E-state index contributed by atoms with van der Waals surface area (Å²) in [5, 5.41) is 0. The topological polar surface area (TPSA) is 0 Å². The maximum Gasteiger partial charge on any atom is 0.0215 e. The second-order valence-corrected chi connectivity index (χ2v) is 2.54. The van der Waals surface area contributed by atoms with Crippen molar-refractivity contribution >= 4 is 22.5 Å². The fourth-order valence-electron chi connectivity index (χ4n) is 0.278. The molecule has 0 spiro atoms. The first kappa shape index (κ1) is 7.44. The maximum absolute atomic E-state index is 3.96. The van der Waals surface area contributed by atoms with E-state index in [1.807, 2.05) is 0 Å². The average Bonchev–Trinajstić information content (AvgIpc) is 1.69. The Balaban J connectivity index is 2.78. The van der Waals surface area contributed by atoms with Crippen molar-refractivity contribution in [2.45, 2.75) is 13.3 Å². The van der Waals surface area contributed by atoms with Gasteiger partial charge < -0.3 is 0 Å². The van der Waals surface area contributed by atoms with Gasteiger partial charge in [0, 0.05) is 5.75 Å². The molecule has 0 radical (unpaired) electrons. The monoisotopic (exact) mass is 134 g/mol. The molecule has 0 aliphatic carbocycles. The van der Waals surface area contributed by atoms with Crippen LogP contribution in [0, 0.1) is 0 Å². The summed E-state index contributed by atoms with van der Waals surface area (Å²) in [6.45, 7) is 2.12. The van der Waals surface area contributed by atoms with E-state index in [0.717, 1.165) is 12.2 Å². The summed E-state index contributed by atoms with van der Waals surface area (Å²) in [4.78, 5) is 0. The molecule has 0 aromatic rings. The molecule has 0 amide bonds. The van der Waals surface area contributed by atoms with Crippen molar-refractivity contribution in [3.05, 3.63) is 12.2 Å². The van der Waals surface area contributed by atoms with Crippen LogP contribution in [0.5, 0.6) is 0 Å². The van der Waals surface area contributed by atoms with Gasteiger partial charge in [0.2, 0.25) is 0 Å². The molecular formula is C5H10S2. The number of hydrogen-bond donors (Lipinski definition) is 1. The van der Waals surface area contributed by atoms with Crippen LogP contribution >= 0.6 is 22.5 Å². The Hall–Kier alpha value is 0.440. The van der Waals surface area contributed by atoms with Gasteiger partial charge in [0.15, 0.2) is 0 Å². The third kappa shape index (κ3) is 6.44. The molecule has 0 unspecified atom stereocenters. The smallest absolute Gasteiger partial charge is 0.0215 e. The van der Waals surface area contributed by atoms with Gasteiger partial charge in [-0.15, -0.1) is 11.7 Å². The van der Waals surface area contributed by atoms with E-state index in [1.54, 1.807) is 10.8 Å². The van der Waals surface area contributed by atoms with Crippen LogP contribution in [0.4, 0.5) is 0 Å². The van der Waals surface area contributed by atoms with Crippen molar-refractivity contribution in [2.75, 3.05) is 5.75 Å². The van der Waals surface area contributed by atoms with Gasteiger partial charge in [-0.25, -0.2) is 0 Å². The van der Waals surface area contributed by atoms with E-state index in [0.29, 0.717) is 0 Å². The fraction of sp³-hybridized carbons (Fsp3) is 0.600. The number of thiol groups is 1. The number of hydrogen-bond acceptors (Lipinski definition) is 2. The van der Waals surface area contributed by atoms with Crippen LogP contribution in [-0.4, -0.2) is 5.75 Å². The van der Waals surface area contributed by atoms with E-state index in [1.165, 1.54) is 0 Å². The Kier molecular flexibility index (Phi) is 6.84. The van der Waals surface area contributed by atoms with E-state index in [4.69, 9.17) is 0 Å². The lowest BCUT2D eigenvalue weighted by Gasteiger charge is -1.79. The highest BCUT2D eigenvalue weighted by molar-refractivity contribution is 8.68. The van der Waals surface area contributed by atoms with E-state index >= 15 is 0 Å². The van der Waals surface area contributed by atoms with Crippen molar-refractivity contribution < 1.29 is 0 Å². The van der Waals surface area contributed by atoms with Gasteiger partial charge in [0.25, 0.3) is 0 Å². The molecule has 42 valence electrons. The van der Waals surface area contributed by atoms with Gasteiger partial charge in [-0.2, -0.15) is 0 Å². The molecule has 0 saturated carbocycles.